The number of benzene rings is 2. The highest BCUT2D eigenvalue weighted by Gasteiger charge is 2.15. The Balaban J connectivity index is 1.40. The molecule has 0 bridgehead atoms. The highest BCUT2D eigenvalue weighted by atomic mass is 16.2. The van der Waals surface area contributed by atoms with Gasteiger partial charge >= 0.3 is 0 Å². The second-order valence-corrected chi connectivity index (χ2v) is 7.20. The summed E-state index contributed by atoms with van der Waals surface area (Å²) in [6, 6.07) is 17.1. The van der Waals surface area contributed by atoms with Gasteiger partial charge in [0.25, 0.3) is 0 Å². The molecule has 2 heterocycles. The number of nitrogens with zero attached hydrogens (tertiary/aromatic N) is 3. The van der Waals surface area contributed by atoms with Gasteiger partial charge in [-0.05, 0) is 50.1 Å². The molecule has 0 unspecified atom stereocenters. The van der Waals surface area contributed by atoms with Crippen molar-refractivity contribution in [3.8, 4) is 0 Å². The fraction of sp³-hybridized carbons (Fsp3) is 0.217. The Kier molecular flexibility index (Phi) is 5.43. The maximum atomic E-state index is 12.3. The smallest absolute Gasteiger partial charge is 0.243 e. The van der Waals surface area contributed by atoms with Gasteiger partial charge in [0.1, 0.15) is 0 Å². The molecular weight excluding hydrogens is 378 g/mol. The van der Waals surface area contributed by atoms with Gasteiger partial charge < -0.3 is 10.6 Å². The van der Waals surface area contributed by atoms with Crippen molar-refractivity contribution < 1.29 is 9.59 Å². The summed E-state index contributed by atoms with van der Waals surface area (Å²) < 4.78 is 1.85. The number of aromatic nitrogens is 3. The Morgan fingerprint density at radius 2 is 1.70 bits per heavy atom. The van der Waals surface area contributed by atoms with Crippen molar-refractivity contribution in [3.63, 3.8) is 0 Å². The summed E-state index contributed by atoms with van der Waals surface area (Å²) in [5.74, 6) is -0.434. The van der Waals surface area contributed by atoms with E-state index in [4.69, 9.17) is 4.98 Å². The number of para-hydroxylation sites is 1. The Hall–Kier alpha value is -3.74. The highest BCUT2D eigenvalue weighted by Crippen LogP contribution is 2.22. The van der Waals surface area contributed by atoms with Crippen LogP contribution in [-0.2, 0) is 16.0 Å². The van der Waals surface area contributed by atoms with Crippen LogP contribution in [0, 0.1) is 13.8 Å². The number of aryl methyl sites for hydroxylation is 2. The van der Waals surface area contributed by atoms with Crippen molar-refractivity contribution in [1.29, 1.82) is 0 Å². The van der Waals surface area contributed by atoms with Gasteiger partial charge in [-0.25, -0.2) is 9.50 Å². The van der Waals surface area contributed by atoms with Crippen LogP contribution in [0.4, 0.5) is 5.69 Å². The third kappa shape index (κ3) is 4.00. The van der Waals surface area contributed by atoms with Crippen molar-refractivity contribution >= 4 is 34.1 Å². The lowest BCUT2D eigenvalue weighted by Gasteiger charge is -2.11. The van der Waals surface area contributed by atoms with E-state index in [-0.39, 0.29) is 24.8 Å². The van der Waals surface area contributed by atoms with E-state index in [2.05, 4.69) is 15.7 Å². The van der Waals surface area contributed by atoms with E-state index in [0.29, 0.717) is 12.1 Å². The van der Waals surface area contributed by atoms with Gasteiger partial charge in [0, 0.05) is 28.9 Å². The van der Waals surface area contributed by atoms with Crippen molar-refractivity contribution in [1.82, 2.24) is 19.9 Å². The minimum atomic E-state index is -0.256. The molecule has 4 rings (SSSR count). The number of nitrogens with one attached hydrogen (secondary N) is 2. The zero-order chi connectivity index (χ0) is 21.1. The molecule has 7 heteroatoms. The van der Waals surface area contributed by atoms with Gasteiger partial charge in [-0.15, -0.1) is 0 Å². The SMILES string of the molecule is Cc1nc2c3ccccc3nn2c(C)c1CCC(=O)NCC(=O)Nc1ccccc1. The number of amides is 2. The normalized spacial score (nSPS) is 11.0. The van der Waals surface area contributed by atoms with E-state index in [9.17, 15) is 9.59 Å². The van der Waals surface area contributed by atoms with E-state index >= 15 is 0 Å². The first-order valence-electron chi connectivity index (χ1n) is 9.88. The lowest BCUT2D eigenvalue weighted by Crippen LogP contribution is -2.33. The molecular formula is C23H23N5O2. The standard InChI is InChI=1S/C23H23N5O2/c1-15-18(16(2)28-23(25-15)19-10-6-7-11-20(19)27-28)12-13-21(29)24-14-22(30)26-17-8-4-3-5-9-17/h3-11H,12-14H2,1-2H3,(H,24,29)(H,26,30). The number of hydrogen-bond acceptors (Lipinski definition) is 4. The summed E-state index contributed by atoms with van der Waals surface area (Å²) in [6.07, 6.45) is 0.803. The van der Waals surface area contributed by atoms with Crippen LogP contribution in [0.2, 0.25) is 0 Å². The average molecular weight is 401 g/mol. The molecule has 0 saturated carbocycles. The van der Waals surface area contributed by atoms with Gasteiger partial charge in [0.05, 0.1) is 12.1 Å². The molecule has 0 aliphatic heterocycles. The predicted octanol–water partition coefficient (Wildman–Crippen LogP) is 3.19. The zero-order valence-corrected chi connectivity index (χ0v) is 17.0. The molecule has 152 valence electrons. The van der Waals surface area contributed by atoms with Crippen molar-refractivity contribution in [2.45, 2.75) is 26.7 Å². The first-order valence-corrected chi connectivity index (χ1v) is 9.88. The van der Waals surface area contributed by atoms with Crippen LogP contribution in [0.25, 0.3) is 16.6 Å². The Bertz CT molecular complexity index is 1230. The molecule has 4 aromatic rings. The second kappa shape index (κ2) is 8.32. The van der Waals surface area contributed by atoms with Crippen molar-refractivity contribution in [2.24, 2.45) is 0 Å². The van der Waals surface area contributed by atoms with E-state index in [1.165, 1.54) is 0 Å². The number of anilines is 1. The van der Waals surface area contributed by atoms with Crippen LogP contribution in [0.1, 0.15) is 23.4 Å². The number of fused-ring (bicyclic) bond motifs is 3. The molecule has 30 heavy (non-hydrogen) atoms. The fourth-order valence-corrected chi connectivity index (χ4v) is 3.57. The van der Waals surface area contributed by atoms with E-state index < -0.39 is 0 Å². The number of carbonyl (C=O) groups is 2. The Morgan fingerprint density at radius 1 is 0.967 bits per heavy atom. The molecule has 2 amide bonds. The maximum absolute atomic E-state index is 12.3. The minimum Gasteiger partial charge on any atom is -0.347 e. The van der Waals surface area contributed by atoms with Gasteiger partial charge in [0.15, 0.2) is 5.65 Å². The molecule has 2 aromatic heterocycles. The quantitative estimate of drug-likeness (QED) is 0.519. The van der Waals surface area contributed by atoms with E-state index in [1.54, 1.807) is 12.1 Å². The molecule has 0 aliphatic carbocycles. The predicted molar refractivity (Wildman–Crippen MR) is 116 cm³/mol. The zero-order valence-electron chi connectivity index (χ0n) is 17.0. The fourth-order valence-electron chi connectivity index (χ4n) is 3.57. The second-order valence-electron chi connectivity index (χ2n) is 7.20. The lowest BCUT2D eigenvalue weighted by atomic mass is 10.1. The summed E-state index contributed by atoms with van der Waals surface area (Å²) >= 11 is 0. The third-order valence-electron chi connectivity index (χ3n) is 5.12. The molecule has 0 atom stereocenters. The number of carbonyl (C=O) groups excluding carboxylic acids is 2. The molecule has 0 radical (unpaired) electrons. The maximum Gasteiger partial charge on any atom is 0.243 e. The molecule has 2 aromatic carbocycles. The highest BCUT2D eigenvalue weighted by molar-refractivity contribution is 5.94. The van der Waals surface area contributed by atoms with Crippen LogP contribution in [0.5, 0.6) is 0 Å². The first-order chi connectivity index (χ1) is 14.5. The van der Waals surface area contributed by atoms with Crippen LogP contribution in [0.15, 0.2) is 54.6 Å². The summed E-state index contributed by atoms with van der Waals surface area (Å²) in [4.78, 5) is 29.0. The van der Waals surface area contributed by atoms with Crippen molar-refractivity contribution in [3.05, 3.63) is 71.5 Å². The van der Waals surface area contributed by atoms with Crippen LogP contribution in [0.3, 0.4) is 0 Å². The summed E-state index contributed by atoms with van der Waals surface area (Å²) in [6.45, 7) is 3.89. The van der Waals surface area contributed by atoms with Gasteiger partial charge in [0.2, 0.25) is 11.8 Å². The largest absolute Gasteiger partial charge is 0.347 e. The van der Waals surface area contributed by atoms with E-state index in [0.717, 1.165) is 33.5 Å². The molecule has 0 fully saturated rings. The summed E-state index contributed by atoms with van der Waals surface area (Å²) in [7, 11) is 0. The van der Waals surface area contributed by atoms with Crippen LogP contribution >= 0.6 is 0 Å². The van der Waals surface area contributed by atoms with Crippen molar-refractivity contribution in [2.75, 3.05) is 11.9 Å². The Labute approximate surface area is 174 Å². The lowest BCUT2D eigenvalue weighted by molar-refractivity contribution is -0.124. The molecule has 0 spiro atoms. The molecule has 2 N–H and O–H groups in total. The number of hydrogen-bond donors (Lipinski definition) is 2. The van der Waals surface area contributed by atoms with E-state index in [1.807, 2.05) is 60.8 Å². The summed E-state index contributed by atoms with van der Waals surface area (Å²) in [5, 5.41) is 11.1. The van der Waals surface area contributed by atoms with Crippen LogP contribution < -0.4 is 10.6 Å². The Morgan fingerprint density at radius 3 is 2.50 bits per heavy atom. The van der Waals surface area contributed by atoms with Gasteiger partial charge in [-0.2, -0.15) is 5.10 Å². The average Bonchev–Trinajstić information content (AvgIpc) is 3.12. The van der Waals surface area contributed by atoms with Crippen LogP contribution in [-0.4, -0.2) is 33.0 Å². The first kappa shape index (κ1) is 19.6. The molecule has 0 aliphatic rings. The van der Waals surface area contributed by atoms with Gasteiger partial charge in [-0.1, -0.05) is 30.3 Å². The monoisotopic (exact) mass is 401 g/mol. The third-order valence-corrected chi connectivity index (χ3v) is 5.12. The van der Waals surface area contributed by atoms with Gasteiger partial charge in [-0.3, -0.25) is 9.59 Å². The summed E-state index contributed by atoms with van der Waals surface area (Å²) in [5.41, 5.74) is 5.29. The topological polar surface area (TPSA) is 88.4 Å². The molecule has 0 saturated heterocycles. The minimum absolute atomic E-state index is 0.0620. The number of rotatable bonds is 6. The molecule has 7 nitrogen and oxygen atoms in total.